The quantitative estimate of drug-likeness (QED) is 0.851. The molecule has 1 aromatic carbocycles. The number of fused-ring (bicyclic) bond motifs is 1. The SMILES string of the molecule is CCCNc1nnc(C2CCN(Cc3ccc4c(c3)OCO4)CC2)s1. The third-order valence-corrected chi connectivity index (χ3v) is 5.79. The average molecular weight is 360 g/mol. The minimum atomic E-state index is 0.334. The van der Waals surface area contributed by atoms with Gasteiger partial charge in [-0.15, -0.1) is 10.2 Å². The molecular formula is C18H24N4O2S. The number of likely N-dealkylation sites (tertiary alicyclic amines) is 1. The Bertz CT molecular complexity index is 713. The Balaban J connectivity index is 1.30. The second kappa shape index (κ2) is 7.58. The number of nitrogens with one attached hydrogen (secondary N) is 1. The first kappa shape index (κ1) is 16.6. The number of hydrogen-bond donors (Lipinski definition) is 1. The molecule has 2 aliphatic heterocycles. The van der Waals surface area contributed by atoms with Gasteiger partial charge in [-0.25, -0.2) is 0 Å². The first-order chi connectivity index (χ1) is 12.3. The van der Waals surface area contributed by atoms with E-state index in [4.69, 9.17) is 9.47 Å². The Hall–Kier alpha value is -1.86. The number of anilines is 1. The van der Waals surface area contributed by atoms with Crippen LogP contribution in [0.25, 0.3) is 0 Å². The molecular weight excluding hydrogens is 336 g/mol. The fourth-order valence-corrected chi connectivity index (χ4v) is 4.28. The Morgan fingerprint density at radius 2 is 2.04 bits per heavy atom. The maximum atomic E-state index is 5.47. The second-order valence-corrected chi connectivity index (χ2v) is 7.62. The summed E-state index contributed by atoms with van der Waals surface area (Å²) in [6.45, 7) is 6.60. The highest BCUT2D eigenvalue weighted by Gasteiger charge is 2.24. The summed E-state index contributed by atoms with van der Waals surface area (Å²) in [6.07, 6.45) is 3.40. The molecule has 4 rings (SSSR count). The van der Waals surface area contributed by atoms with Crippen LogP contribution in [0.1, 0.15) is 42.7 Å². The normalized spacial score (nSPS) is 17.8. The monoisotopic (exact) mass is 360 g/mol. The highest BCUT2D eigenvalue weighted by atomic mass is 32.1. The Morgan fingerprint density at radius 1 is 1.20 bits per heavy atom. The van der Waals surface area contributed by atoms with Crippen LogP contribution in [0, 0.1) is 0 Å². The van der Waals surface area contributed by atoms with E-state index in [-0.39, 0.29) is 0 Å². The molecule has 2 aliphatic rings. The third kappa shape index (κ3) is 3.88. The molecule has 1 N–H and O–H groups in total. The molecule has 0 saturated carbocycles. The van der Waals surface area contributed by atoms with E-state index in [9.17, 15) is 0 Å². The van der Waals surface area contributed by atoms with E-state index < -0.39 is 0 Å². The number of hydrogen-bond acceptors (Lipinski definition) is 7. The number of benzene rings is 1. The zero-order valence-corrected chi connectivity index (χ0v) is 15.3. The molecule has 0 unspecified atom stereocenters. The number of rotatable bonds is 6. The van der Waals surface area contributed by atoms with Crippen LogP contribution >= 0.6 is 11.3 Å². The number of ether oxygens (including phenoxy) is 2. The van der Waals surface area contributed by atoms with Crippen molar-refractivity contribution in [1.82, 2.24) is 15.1 Å². The molecule has 0 amide bonds. The van der Waals surface area contributed by atoms with E-state index in [1.54, 1.807) is 11.3 Å². The van der Waals surface area contributed by atoms with Gasteiger partial charge in [-0.2, -0.15) is 0 Å². The maximum absolute atomic E-state index is 5.47. The fourth-order valence-electron chi connectivity index (χ4n) is 3.34. The number of nitrogens with zero attached hydrogens (tertiary/aromatic N) is 3. The first-order valence-corrected chi connectivity index (χ1v) is 9.81. The van der Waals surface area contributed by atoms with Gasteiger partial charge in [-0.05, 0) is 50.0 Å². The molecule has 1 fully saturated rings. The maximum Gasteiger partial charge on any atom is 0.231 e. The van der Waals surface area contributed by atoms with Gasteiger partial charge in [0.05, 0.1) is 0 Å². The molecule has 25 heavy (non-hydrogen) atoms. The molecule has 0 bridgehead atoms. The molecule has 0 atom stereocenters. The fraction of sp³-hybridized carbons (Fsp3) is 0.556. The van der Waals surface area contributed by atoms with Crippen LogP contribution in [0.15, 0.2) is 18.2 Å². The summed E-state index contributed by atoms with van der Waals surface area (Å²) in [5.41, 5.74) is 1.28. The Labute approximate surface area is 152 Å². The van der Waals surface area contributed by atoms with Crippen LogP contribution < -0.4 is 14.8 Å². The first-order valence-electron chi connectivity index (χ1n) is 9.00. The second-order valence-electron chi connectivity index (χ2n) is 6.61. The van der Waals surface area contributed by atoms with Crippen molar-refractivity contribution < 1.29 is 9.47 Å². The summed E-state index contributed by atoms with van der Waals surface area (Å²) in [5.74, 6) is 2.27. The Morgan fingerprint density at radius 3 is 2.88 bits per heavy atom. The summed E-state index contributed by atoms with van der Waals surface area (Å²) >= 11 is 1.72. The van der Waals surface area contributed by atoms with E-state index in [1.807, 2.05) is 6.07 Å². The van der Waals surface area contributed by atoms with Crippen LogP contribution in [-0.4, -0.2) is 41.5 Å². The van der Waals surface area contributed by atoms with Gasteiger partial charge in [0.25, 0.3) is 0 Å². The summed E-state index contributed by atoms with van der Waals surface area (Å²) in [4.78, 5) is 2.51. The van der Waals surface area contributed by atoms with Crippen LogP contribution in [0.5, 0.6) is 11.5 Å². The van der Waals surface area contributed by atoms with E-state index in [0.29, 0.717) is 12.7 Å². The molecule has 134 valence electrons. The van der Waals surface area contributed by atoms with Crippen LogP contribution in [0.3, 0.4) is 0 Å². The zero-order valence-electron chi connectivity index (χ0n) is 14.5. The summed E-state index contributed by atoms with van der Waals surface area (Å²) in [6, 6.07) is 6.25. The summed E-state index contributed by atoms with van der Waals surface area (Å²) in [5, 5.41) is 14.1. The van der Waals surface area contributed by atoms with Crippen LogP contribution in [-0.2, 0) is 6.54 Å². The minimum Gasteiger partial charge on any atom is -0.454 e. The lowest BCUT2D eigenvalue weighted by molar-refractivity contribution is 0.173. The number of piperidine rings is 1. The van der Waals surface area contributed by atoms with Crippen molar-refractivity contribution in [1.29, 1.82) is 0 Å². The summed E-state index contributed by atoms with van der Waals surface area (Å²) in [7, 11) is 0. The van der Waals surface area contributed by atoms with Crippen molar-refractivity contribution >= 4 is 16.5 Å². The van der Waals surface area contributed by atoms with Gasteiger partial charge in [0.15, 0.2) is 11.5 Å². The molecule has 2 aromatic rings. The van der Waals surface area contributed by atoms with E-state index in [0.717, 1.165) is 62.1 Å². The van der Waals surface area contributed by atoms with Gasteiger partial charge in [0.1, 0.15) is 5.01 Å². The van der Waals surface area contributed by atoms with Gasteiger partial charge >= 0.3 is 0 Å². The standard InChI is InChI=1S/C18H24N4O2S/c1-2-7-19-18-21-20-17(25-18)14-5-8-22(9-6-14)11-13-3-4-15-16(10-13)24-12-23-15/h3-4,10,14H,2,5-9,11-12H2,1H3,(H,19,21). The van der Waals surface area contributed by atoms with Gasteiger partial charge in [-0.3, -0.25) is 4.90 Å². The highest BCUT2D eigenvalue weighted by Crippen LogP contribution is 2.34. The predicted molar refractivity (Wildman–Crippen MR) is 98.5 cm³/mol. The zero-order chi connectivity index (χ0) is 17.1. The molecule has 1 aromatic heterocycles. The van der Waals surface area contributed by atoms with Gasteiger partial charge in [0.2, 0.25) is 11.9 Å². The molecule has 3 heterocycles. The molecule has 0 aliphatic carbocycles. The third-order valence-electron chi connectivity index (χ3n) is 4.75. The molecule has 6 nitrogen and oxygen atoms in total. The molecule has 7 heteroatoms. The van der Waals surface area contributed by atoms with E-state index >= 15 is 0 Å². The van der Waals surface area contributed by atoms with Gasteiger partial charge in [-0.1, -0.05) is 24.3 Å². The van der Waals surface area contributed by atoms with Crippen molar-refractivity contribution in [3.8, 4) is 11.5 Å². The van der Waals surface area contributed by atoms with Crippen LogP contribution in [0.2, 0.25) is 0 Å². The lowest BCUT2D eigenvalue weighted by Gasteiger charge is -2.30. The lowest BCUT2D eigenvalue weighted by Crippen LogP contribution is -2.32. The minimum absolute atomic E-state index is 0.334. The van der Waals surface area contributed by atoms with Crippen molar-refractivity contribution in [2.75, 3.05) is 31.7 Å². The smallest absolute Gasteiger partial charge is 0.231 e. The topological polar surface area (TPSA) is 59.5 Å². The number of aromatic nitrogens is 2. The molecule has 0 spiro atoms. The van der Waals surface area contributed by atoms with Crippen molar-refractivity contribution in [2.45, 2.75) is 38.6 Å². The average Bonchev–Trinajstić information content (AvgIpc) is 3.29. The van der Waals surface area contributed by atoms with E-state index in [2.05, 4.69) is 39.5 Å². The Kier molecular flexibility index (Phi) is 5.03. The van der Waals surface area contributed by atoms with Gasteiger partial charge in [0, 0.05) is 19.0 Å². The highest BCUT2D eigenvalue weighted by molar-refractivity contribution is 7.15. The lowest BCUT2D eigenvalue weighted by atomic mass is 9.97. The predicted octanol–water partition coefficient (Wildman–Crippen LogP) is 3.47. The van der Waals surface area contributed by atoms with Crippen molar-refractivity contribution in [2.24, 2.45) is 0 Å². The largest absolute Gasteiger partial charge is 0.454 e. The van der Waals surface area contributed by atoms with Crippen LogP contribution in [0.4, 0.5) is 5.13 Å². The summed E-state index contributed by atoms with van der Waals surface area (Å²) < 4.78 is 10.9. The van der Waals surface area contributed by atoms with Crippen molar-refractivity contribution in [3.63, 3.8) is 0 Å². The molecule has 1 saturated heterocycles. The van der Waals surface area contributed by atoms with Crippen molar-refractivity contribution in [3.05, 3.63) is 28.8 Å². The van der Waals surface area contributed by atoms with E-state index in [1.165, 1.54) is 10.6 Å². The molecule has 0 radical (unpaired) electrons. The van der Waals surface area contributed by atoms with Gasteiger partial charge < -0.3 is 14.8 Å².